The molecule has 38 heavy (non-hydrogen) atoms. The van der Waals surface area contributed by atoms with Gasteiger partial charge in [-0.3, -0.25) is 9.69 Å². The maximum atomic E-state index is 13.2. The Kier molecular flexibility index (Phi) is 8.13. The standard InChI is InChI=1S/C25H26Cl2N6O3S2/c1-38(35,36)30-12-16-11-17(5-6-18(16)15-7-9-28-10-8-15)31-25-29-13-19-23(32-25)37-14-33(24(19)34)22-20(26)3-2-4-21(22)27/h2-6,11,13,15,28,30H,7-10,12,14H2,1H3,(H,29,31,32). The van der Waals surface area contributed by atoms with Gasteiger partial charge >= 0.3 is 0 Å². The number of benzene rings is 2. The van der Waals surface area contributed by atoms with Crippen LogP contribution < -0.4 is 20.3 Å². The number of hydrogen-bond acceptors (Lipinski definition) is 8. The number of halogens is 2. The Bertz CT molecular complexity index is 1460. The number of para-hydroxylation sites is 1. The summed E-state index contributed by atoms with van der Waals surface area (Å²) in [5.41, 5.74) is 3.60. The van der Waals surface area contributed by atoms with E-state index in [1.807, 2.05) is 18.2 Å². The third kappa shape index (κ3) is 6.08. The highest BCUT2D eigenvalue weighted by Crippen LogP contribution is 2.39. The molecule has 0 radical (unpaired) electrons. The smallest absolute Gasteiger partial charge is 0.263 e. The molecule has 3 N–H and O–H groups in total. The molecule has 1 amide bonds. The molecule has 0 atom stereocenters. The highest BCUT2D eigenvalue weighted by atomic mass is 35.5. The van der Waals surface area contributed by atoms with Crippen LogP contribution in [0.1, 0.15) is 40.2 Å². The molecule has 3 aromatic rings. The Morgan fingerprint density at radius 3 is 2.61 bits per heavy atom. The third-order valence-electron chi connectivity index (χ3n) is 6.47. The number of piperidine rings is 1. The second-order valence-corrected chi connectivity index (χ2v) is 12.7. The number of nitrogens with zero attached hydrogens (tertiary/aromatic N) is 3. The van der Waals surface area contributed by atoms with Crippen LogP contribution in [0.2, 0.25) is 10.0 Å². The van der Waals surface area contributed by atoms with Crippen molar-refractivity contribution in [3.8, 4) is 0 Å². The molecule has 0 spiro atoms. The predicted molar refractivity (Wildman–Crippen MR) is 152 cm³/mol. The van der Waals surface area contributed by atoms with Crippen molar-refractivity contribution in [2.24, 2.45) is 0 Å². The fourth-order valence-corrected chi connectivity index (χ4v) is 6.60. The van der Waals surface area contributed by atoms with E-state index in [1.165, 1.54) is 22.9 Å². The Balaban J connectivity index is 1.38. The van der Waals surface area contributed by atoms with Crippen LogP contribution in [0.3, 0.4) is 0 Å². The van der Waals surface area contributed by atoms with E-state index in [0.717, 1.165) is 49.0 Å². The lowest BCUT2D eigenvalue weighted by Crippen LogP contribution is -2.35. The minimum atomic E-state index is -3.35. The normalized spacial score (nSPS) is 16.4. The molecular weight excluding hydrogens is 567 g/mol. The first-order valence-electron chi connectivity index (χ1n) is 12.0. The topological polar surface area (TPSA) is 116 Å². The number of anilines is 3. The van der Waals surface area contributed by atoms with Crippen LogP contribution in [0.5, 0.6) is 0 Å². The van der Waals surface area contributed by atoms with Crippen LogP contribution in [0.25, 0.3) is 0 Å². The highest BCUT2D eigenvalue weighted by Gasteiger charge is 2.30. The summed E-state index contributed by atoms with van der Waals surface area (Å²) in [4.78, 5) is 23.7. The number of thioether (sulfide) groups is 1. The summed E-state index contributed by atoms with van der Waals surface area (Å²) in [7, 11) is -3.35. The fourth-order valence-electron chi connectivity index (χ4n) is 4.63. The number of nitrogens with one attached hydrogen (secondary N) is 3. The average Bonchev–Trinajstić information content (AvgIpc) is 2.89. The van der Waals surface area contributed by atoms with Crippen molar-refractivity contribution in [3.05, 3.63) is 69.3 Å². The number of rotatable bonds is 7. The van der Waals surface area contributed by atoms with Gasteiger partial charge in [-0.25, -0.2) is 23.1 Å². The summed E-state index contributed by atoms with van der Waals surface area (Å²) >= 11 is 14.0. The fraction of sp³-hybridized carbons (Fsp3) is 0.320. The van der Waals surface area contributed by atoms with Gasteiger partial charge in [0.2, 0.25) is 16.0 Å². The van der Waals surface area contributed by atoms with E-state index in [1.54, 1.807) is 18.2 Å². The number of carbonyl (C=O) groups excluding carboxylic acids is 1. The lowest BCUT2D eigenvalue weighted by Gasteiger charge is -2.28. The predicted octanol–water partition coefficient (Wildman–Crippen LogP) is 4.75. The van der Waals surface area contributed by atoms with Crippen molar-refractivity contribution in [3.63, 3.8) is 0 Å². The van der Waals surface area contributed by atoms with E-state index in [-0.39, 0.29) is 12.5 Å². The first-order chi connectivity index (χ1) is 18.2. The van der Waals surface area contributed by atoms with Crippen LogP contribution >= 0.6 is 35.0 Å². The van der Waals surface area contributed by atoms with E-state index in [9.17, 15) is 13.2 Å². The van der Waals surface area contributed by atoms with Gasteiger partial charge in [-0.1, -0.05) is 47.1 Å². The Morgan fingerprint density at radius 2 is 1.89 bits per heavy atom. The molecule has 1 fully saturated rings. The van der Waals surface area contributed by atoms with Crippen molar-refractivity contribution < 1.29 is 13.2 Å². The zero-order chi connectivity index (χ0) is 26.9. The van der Waals surface area contributed by atoms with Gasteiger partial charge in [-0.2, -0.15) is 0 Å². The van der Waals surface area contributed by atoms with Crippen molar-refractivity contribution >= 4 is 68.2 Å². The van der Waals surface area contributed by atoms with Gasteiger partial charge in [0.25, 0.3) is 5.91 Å². The van der Waals surface area contributed by atoms with Crippen LogP contribution in [-0.4, -0.2) is 49.5 Å². The van der Waals surface area contributed by atoms with Gasteiger partial charge in [-0.15, -0.1) is 0 Å². The number of hydrogen-bond donors (Lipinski definition) is 3. The molecule has 1 aromatic heterocycles. The number of fused-ring (bicyclic) bond motifs is 1. The van der Waals surface area contributed by atoms with E-state index in [2.05, 4.69) is 25.3 Å². The Labute approximate surface area is 235 Å². The van der Waals surface area contributed by atoms with E-state index >= 15 is 0 Å². The Hall–Kier alpha value is -2.41. The number of amides is 1. The number of carbonyl (C=O) groups is 1. The van der Waals surface area contributed by atoms with Gasteiger partial charge in [0.1, 0.15) is 5.03 Å². The zero-order valence-corrected chi connectivity index (χ0v) is 23.6. The summed E-state index contributed by atoms with van der Waals surface area (Å²) in [6.45, 7) is 2.07. The second kappa shape index (κ2) is 11.4. The quantitative estimate of drug-likeness (QED) is 0.336. The van der Waals surface area contributed by atoms with Crippen LogP contribution in [-0.2, 0) is 16.6 Å². The molecular formula is C25H26Cl2N6O3S2. The molecule has 2 aliphatic rings. The van der Waals surface area contributed by atoms with Gasteiger partial charge < -0.3 is 10.6 Å². The van der Waals surface area contributed by atoms with Crippen molar-refractivity contribution in [2.45, 2.75) is 30.3 Å². The molecule has 9 nitrogen and oxygen atoms in total. The largest absolute Gasteiger partial charge is 0.324 e. The first kappa shape index (κ1) is 27.2. The number of aromatic nitrogens is 2. The molecule has 3 heterocycles. The van der Waals surface area contributed by atoms with Gasteiger partial charge in [0.05, 0.1) is 33.4 Å². The van der Waals surface area contributed by atoms with E-state index < -0.39 is 10.0 Å². The highest BCUT2D eigenvalue weighted by molar-refractivity contribution is 7.99. The van der Waals surface area contributed by atoms with E-state index in [0.29, 0.717) is 44.1 Å². The molecule has 200 valence electrons. The lowest BCUT2D eigenvalue weighted by atomic mass is 9.87. The maximum Gasteiger partial charge on any atom is 0.263 e. The summed E-state index contributed by atoms with van der Waals surface area (Å²) in [5, 5.41) is 7.91. The first-order valence-corrected chi connectivity index (χ1v) is 15.6. The van der Waals surface area contributed by atoms with Gasteiger partial charge in [0.15, 0.2) is 0 Å². The minimum absolute atomic E-state index is 0.198. The van der Waals surface area contributed by atoms with Gasteiger partial charge in [0, 0.05) is 18.4 Å². The summed E-state index contributed by atoms with van der Waals surface area (Å²) in [5.74, 6) is 0.724. The zero-order valence-electron chi connectivity index (χ0n) is 20.5. The lowest BCUT2D eigenvalue weighted by molar-refractivity contribution is 0.0985. The van der Waals surface area contributed by atoms with Crippen molar-refractivity contribution in [2.75, 3.05) is 35.4 Å². The second-order valence-electron chi connectivity index (χ2n) is 9.15. The van der Waals surface area contributed by atoms with Crippen LogP contribution in [0, 0.1) is 0 Å². The summed E-state index contributed by atoms with van der Waals surface area (Å²) < 4.78 is 26.2. The SMILES string of the molecule is CS(=O)(=O)NCc1cc(Nc2ncc3c(n2)SCN(c2c(Cl)cccc2Cl)C3=O)ccc1C1CCNCC1. The molecule has 2 aromatic carbocycles. The van der Waals surface area contributed by atoms with Crippen LogP contribution in [0.15, 0.2) is 47.6 Å². The Morgan fingerprint density at radius 1 is 1.16 bits per heavy atom. The van der Waals surface area contributed by atoms with E-state index in [4.69, 9.17) is 23.2 Å². The number of sulfonamides is 1. The molecule has 2 aliphatic heterocycles. The maximum absolute atomic E-state index is 13.2. The minimum Gasteiger partial charge on any atom is -0.324 e. The molecule has 0 saturated carbocycles. The van der Waals surface area contributed by atoms with Crippen molar-refractivity contribution in [1.29, 1.82) is 0 Å². The summed E-state index contributed by atoms with van der Waals surface area (Å²) in [6.07, 6.45) is 4.63. The van der Waals surface area contributed by atoms with Crippen molar-refractivity contribution in [1.82, 2.24) is 20.0 Å². The van der Waals surface area contributed by atoms with Crippen LogP contribution in [0.4, 0.5) is 17.3 Å². The van der Waals surface area contributed by atoms with Gasteiger partial charge in [-0.05, 0) is 67.2 Å². The molecule has 0 aliphatic carbocycles. The molecule has 0 unspecified atom stereocenters. The molecule has 1 saturated heterocycles. The summed E-state index contributed by atoms with van der Waals surface area (Å²) in [6, 6.07) is 11.0. The molecule has 13 heteroatoms. The average molecular weight is 594 g/mol. The molecule has 5 rings (SSSR count). The monoisotopic (exact) mass is 592 g/mol. The molecule has 0 bridgehead atoms. The third-order valence-corrected chi connectivity index (χ3v) is 8.72.